The van der Waals surface area contributed by atoms with Gasteiger partial charge < -0.3 is 10.2 Å². The lowest BCUT2D eigenvalue weighted by Crippen LogP contribution is -3.10. The number of nitrogens with zero attached hydrogens (tertiary/aromatic N) is 1. The van der Waals surface area contributed by atoms with E-state index in [4.69, 9.17) is 11.6 Å². The molecule has 1 aliphatic heterocycles. The summed E-state index contributed by atoms with van der Waals surface area (Å²) in [7, 11) is 0.215. The number of anilines is 1. The zero-order chi connectivity index (χ0) is 20.3. The summed E-state index contributed by atoms with van der Waals surface area (Å²) in [4.78, 5) is 13.9. The average Bonchev–Trinajstić information content (AvgIpc) is 2.69. The molecule has 2 N–H and O–H groups in total. The Bertz CT molecular complexity index is 922. The quantitative estimate of drug-likeness (QED) is 0.773. The van der Waals surface area contributed by atoms with Gasteiger partial charge in [0, 0.05) is 42.2 Å². The molecular weight excluding hydrogens is 398 g/mol. The van der Waals surface area contributed by atoms with Crippen LogP contribution in [0.15, 0.2) is 53.4 Å². The number of benzene rings is 2. The Balaban J connectivity index is 1.69. The predicted molar refractivity (Wildman–Crippen MR) is 110 cm³/mol. The Morgan fingerprint density at radius 1 is 1.07 bits per heavy atom. The van der Waals surface area contributed by atoms with Crippen LogP contribution in [0.3, 0.4) is 0 Å². The molecule has 0 aliphatic carbocycles. The van der Waals surface area contributed by atoms with E-state index in [1.54, 1.807) is 43.4 Å². The lowest BCUT2D eigenvalue weighted by atomic mass is 10.1. The Hall–Kier alpha value is -1.93. The molecule has 0 bridgehead atoms. The Morgan fingerprint density at radius 3 is 2.21 bits per heavy atom. The van der Waals surface area contributed by atoms with Gasteiger partial charge in [0.05, 0.1) is 25.0 Å². The van der Waals surface area contributed by atoms with Crippen molar-refractivity contribution in [3.05, 3.63) is 59.1 Å². The maximum absolute atomic E-state index is 12.9. The second kappa shape index (κ2) is 8.61. The SMILES string of the molecule is CN(C1CC[NH+](C)CC1)S(=O)(=O)c1ccc(NC(=O)c2ccc(Cl)cc2)cc1. The van der Waals surface area contributed by atoms with E-state index in [1.807, 2.05) is 0 Å². The van der Waals surface area contributed by atoms with Gasteiger partial charge in [-0.1, -0.05) is 11.6 Å². The van der Waals surface area contributed by atoms with Crippen LogP contribution in [-0.4, -0.2) is 51.9 Å². The molecule has 0 aromatic heterocycles. The topological polar surface area (TPSA) is 70.9 Å². The van der Waals surface area contributed by atoms with Crippen LogP contribution in [0.1, 0.15) is 23.2 Å². The highest BCUT2D eigenvalue weighted by atomic mass is 35.5. The molecule has 1 heterocycles. The molecule has 150 valence electrons. The van der Waals surface area contributed by atoms with Crippen LogP contribution >= 0.6 is 11.6 Å². The molecular formula is C20H25ClN3O3S+. The third kappa shape index (κ3) is 4.72. The van der Waals surface area contributed by atoms with Gasteiger partial charge in [0.2, 0.25) is 10.0 Å². The monoisotopic (exact) mass is 422 g/mol. The highest BCUT2D eigenvalue weighted by Gasteiger charge is 2.31. The number of hydrogen-bond donors (Lipinski definition) is 2. The molecule has 2 aromatic carbocycles. The van der Waals surface area contributed by atoms with Crippen molar-refractivity contribution in [1.29, 1.82) is 0 Å². The third-order valence-corrected chi connectivity index (χ3v) is 7.39. The molecule has 28 heavy (non-hydrogen) atoms. The lowest BCUT2D eigenvalue weighted by molar-refractivity contribution is -0.885. The van der Waals surface area contributed by atoms with E-state index in [-0.39, 0.29) is 16.8 Å². The highest BCUT2D eigenvalue weighted by Crippen LogP contribution is 2.22. The molecule has 1 saturated heterocycles. The molecule has 8 heteroatoms. The third-order valence-electron chi connectivity index (χ3n) is 5.22. The lowest BCUT2D eigenvalue weighted by Gasteiger charge is -2.32. The summed E-state index contributed by atoms with van der Waals surface area (Å²) < 4.78 is 27.3. The summed E-state index contributed by atoms with van der Waals surface area (Å²) in [5.41, 5.74) is 1.01. The van der Waals surface area contributed by atoms with Gasteiger partial charge >= 0.3 is 0 Å². The van der Waals surface area contributed by atoms with Crippen molar-refractivity contribution < 1.29 is 18.1 Å². The fourth-order valence-corrected chi connectivity index (χ4v) is 4.88. The second-order valence-electron chi connectivity index (χ2n) is 7.19. The fourth-order valence-electron chi connectivity index (χ4n) is 3.34. The smallest absolute Gasteiger partial charge is 0.255 e. The summed E-state index contributed by atoms with van der Waals surface area (Å²) in [6.07, 6.45) is 1.72. The standard InChI is InChI=1S/C20H24ClN3O3S/c1-23-13-11-18(12-14-23)24(2)28(26,27)19-9-7-17(8-10-19)22-20(25)15-3-5-16(21)6-4-15/h3-10,18H,11-14H2,1-2H3,(H,22,25)/p+1. The van der Waals surface area contributed by atoms with Crippen molar-refractivity contribution in [2.45, 2.75) is 23.8 Å². The fraction of sp³-hybridized carbons (Fsp3) is 0.350. The zero-order valence-electron chi connectivity index (χ0n) is 16.0. The molecule has 6 nitrogen and oxygen atoms in total. The summed E-state index contributed by atoms with van der Waals surface area (Å²) >= 11 is 5.83. The average molecular weight is 423 g/mol. The minimum Gasteiger partial charge on any atom is -0.337 e. The van der Waals surface area contributed by atoms with E-state index >= 15 is 0 Å². The first kappa shape index (κ1) is 20.8. The summed E-state index contributed by atoms with van der Waals surface area (Å²) in [6, 6.07) is 12.9. The number of rotatable bonds is 5. The van der Waals surface area contributed by atoms with Gasteiger partial charge in [-0.15, -0.1) is 0 Å². The number of carbonyl (C=O) groups excluding carboxylic acids is 1. The highest BCUT2D eigenvalue weighted by molar-refractivity contribution is 7.89. The molecule has 3 rings (SSSR count). The molecule has 1 fully saturated rings. The number of likely N-dealkylation sites (tertiary alicyclic amines) is 1. The van der Waals surface area contributed by atoms with Crippen LogP contribution < -0.4 is 10.2 Å². The zero-order valence-corrected chi connectivity index (χ0v) is 17.6. The maximum atomic E-state index is 12.9. The van der Waals surface area contributed by atoms with Crippen molar-refractivity contribution in [3.63, 3.8) is 0 Å². The van der Waals surface area contributed by atoms with Crippen molar-refractivity contribution >= 4 is 33.2 Å². The van der Waals surface area contributed by atoms with Gasteiger partial charge in [-0.25, -0.2) is 8.42 Å². The van der Waals surface area contributed by atoms with E-state index < -0.39 is 10.0 Å². The number of halogens is 1. The number of piperidine rings is 1. The first-order valence-electron chi connectivity index (χ1n) is 9.23. The van der Waals surface area contributed by atoms with Gasteiger partial charge in [0.25, 0.3) is 5.91 Å². The summed E-state index contributed by atoms with van der Waals surface area (Å²) in [5, 5.41) is 3.32. The number of amides is 1. The van der Waals surface area contributed by atoms with E-state index in [1.165, 1.54) is 21.3 Å². The number of nitrogens with one attached hydrogen (secondary N) is 2. The molecule has 0 unspecified atom stereocenters. The van der Waals surface area contributed by atoms with Crippen LogP contribution in [0.5, 0.6) is 0 Å². The number of quaternary nitrogens is 1. The first-order valence-corrected chi connectivity index (χ1v) is 11.1. The summed E-state index contributed by atoms with van der Waals surface area (Å²) in [6.45, 7) is 1.94. The molecule has 0 saturated carbocycles. The van der Waals surface area contributed by atoms with Crippen molar-refractivity contribution in [2.24, 2.45) is 0 Å². The number of hydrogen-bond acceptors (Lipinski definition) is 3. The van der Waals surface area contributed by atoms with Crippen LogP contribution in [-0.2, 0) is 10.0 Å². The van der Waals surface area contributed by atoms with Crippen molar-refractivity contribution in [2.75, 3.05) is 32.5 Å². The van der Waals surface area contributed by atoms with E-state index in [2.05, 4.69) is 12.4 Å². The minimum atomic E-state index is -3.56. The Labute approximate surface area is 171 Å². The van der Waals surface area contributed by atoms with Gasteiger partial charge in [0.1, 0.15) is 0 Å². The molecule has 1 amide bonds. The second-order valence-corrected chi connectivity index (χ2v) is 9.63. The van der Waals surface area contributed by atoms with Crippen molar-refractivity contribution in [1.82, 2.24) is 4.31 Å². The van der Waals surface area contributed by atoms with Gasteiger partial charge in [-0.05, 0) is 48.5 Å². The van der Waals surface area contributed by atoms with Crippen molar-refractivity contribution in [3.8, 4) is 0 Å². The normalized spacial score (nSPS) is 20.1. The van der Waals surface area contributed by atoms with E-state index in [9.17, 15) is 13.2 Å². The van der Waals surface area contributed by atoms with E-state index in [0.717, 1.165) is 25.9 Å². The Morgan fingerprint density at radius 2 is 1.64 bits per heavy atom. The molecule has 0 atom stereocenters. The van der Waals surface area contributed by atoms with Crippen LogP contribution in [0.2, 0.25) is 5.02 Å². The van der Waals surface area contributed by atoms with Gasteiger partial charge in [-0.3, -0.25) is 4.79 Å². The minimum absolute atomic E-state index is 0.0259. The van der Waals surface area contributed by atoms with Crippen LogP contribution in [0.4, 0.5) is 5.69 Å². The first-order chi connectivity index (χ1) is 13.3. The molecule has 0 spiro atoms. The largest absolute Gasteiger partial charge is 0.337 e. The molecule has 2 aromatic rings. The molecule has 1 aliphatic rings. The van der Waals surface area contributed by atoms with Gasteiger partial charge in [0.15, 0.2) is 0 Å². The number of carbonyl (C=O) groups is 1. The van der Waals surface area contributed by atoms with E-state index in [0.29, 0.717) is 16.3 Å². The van der Waals surface area contributed by atoms with Gasteiger partial charge in [-0.2, -0.15) is 4.31 Å². The number of sulfonamides is 1. The van der Waals surface area contributed by atoms with Crippen LogP contribution in [0, 0.1) is 0 Å². The van der Waals surface area contributed by atoms with Crippen LogP contribution in [0.25, 0.3) is 0 Å². The molecule has 0 radical (unpaired) electrons. The maximum Gasteiger partial charge on any atom is 0.255 e. The Kier molecular flexibility index (Phi) is 6.40. The predicted octanol–water partition coefficient (Wildman–Crippen LogP) is 1.89. The summed E-state index contributed by atoms with van der Waals surface area (Å²) in [5.74, 6) is -0.279.